The maximum absolute atomic E-state index is 13.2. The van der Waals surface area contributed by atoms with Crippen molar-refractivity contribution in [3.05, 3.63) is 28.7 Å². The van der Waals surface area contributed by atoms with Gasteiger partial charge in [-0.25, -0.2) is 8.42 Å². The van der Waals surface area contributed by atoms with Crippen molar-refractivity contribution in [2.75, 3.05) is 0 Å². The van der Waals surface area contributed by atoms with E-state index in [0.29, 0.717) is 40.9 Å². The number of carbonyl (C=O) groups is 2. The number of halogens is 1. The molecule has 1 amide bonds. The van der Waals surface area contributed by atoms with Crippen LogP contribution in [0.15, 0.2) is 33.6 Å². The molecule has 5 aliphatic carbocycles. The largest absolute Gasteiger partial charge is 0.351 e. The van der Waals surface area contributed by atoms with Gasteiger partial charge in [0.15, 0.2) is 0 Å². The smallest absolute Gasteiger partial charge is 0.242 e. The van der Waals surface area contributed by atoms with E-state index in [1.54, 1.807) is 25.1 Å². The molecule has 5 saturated carbocycles. The Hall–Kier alpha value is -1.25. The zero-order valence-electron chi connectivity index (χ0n) is 17.0. The summed E-state index contributed by atoms with van der Waals surface area (Å²) in [5, 5.41) is 3.22. The van der Waals surface area contributed by atoms with Crippen LogP contribution in [-0.4, -0.2) is 31.7 Å². The van der Waals surface area contributed by atoms with Gasteiger partial charge in [-0.2, -0.15) is 4.72 Å². The van der Waals surface area contributed by atoms with Crippen molar-refractivity contribution in [2.24, 2.45) is 23.2 Å². The van der Waals surface area contributed by atoms with Crippen LogP contribution in [0.3, 0.4) is 0 Å². The summed E-state index contributed by atoms with van der Waals surface area (Å²) in [6, 6.07) is 6.67. The SMILES string of the molecule is CC(=O)C12CC3CC(C1)C(NC(=O)C1(NS(=O)(=O)c4ccccc4Br)CC1)C(C3)C2. The zero-order chi connectivity index (χ0) is 21.3. The molecule has 2 unspecified atom stereocenters. The molecule has 5 fully saturated rings. The van der Waals surface area contributed by atoms with Gasteiger partial charge < -0.3 is 5.32 Å². The monoisotopic (exact) mass is 494 g/mol. The summed E-state index contributed by atoms with van der Waals surface area (Å²) >= 11 is 3.29. The standard InChI is InChI=1S/C22H27BrN2O4S/c1-13(26)21-10-14-8-15(11-21)19(16(9-14)12-21)24-20(27)22(6-7-22)25-30(28,29)18-5-3-2-4-17(18)23/h2-5,14-16,19,25H,6-12H2,1H3,(H,24,27). The maximum atomic E-state index is 13.2. The summed E-state index contributed by atoms with van der Waals surface area (Å²) in [5.74, 6) is 1.31. The predicted octanol–water partition coefficient (Wildman–Crippen LogP) is 3.16. The highest BCUT2D eigenvalue weighted by molar-refractivity contribution is 9.10. The van der Waals surface area contributed by atoms with Crippen molar-refractivity contribution in [1.29, 1.82) is 0 Å². The van der Waals surface area contributed by atoms with Crippen LogP contribution in [0.1, 0.15) is 51.9 Å². The first-order valence-corrected chi connectivity index (χ1v) is 13.0. The molecule has 1 aromatic rings. The highest BCUT2D eigenvalue weighted by Crippen LogP contribution is 2.60. The molecule has 0 heterocycles. The average molecular weight is 495 g/mol. The second-order valence-corrected chi connectivity index (χ2v) is 12.4. The normalized spacial score (nSPS) is 35.8. The Balaban J connectivity index is 1.32. The van der Waals surface area contributed by atoms with Crippen molar-refractivity contribution in [2.45, 2.75) is 68.3 Å². The van der Waals surface area contributed by atoms with Gasteiger partial charge in [0, 0.05) is 15.9 Å². The Morgan fingerprint density at radius 1 is 1.07 bits per heavy atom. The van der Waals surface area contributed by atoms with Gasteiger partial charge >= 0.3 is 0 Å². The van der Waals surface area contributed by atoms with Crippen molar-refractivity contribution >= 4 is 37.6 Å². The van der Waals surface area contributed by atoms with Gasteiger partial charge in [0.25, 0.3) is 0 Å². The average Bonchev–Trinajstić information content (AvgIpc) is 3.44. The number of benzene rings is 1. The predicted molar refractivity (Wildman–Crippen MR) is 115 cm³/mol. The lowest BCUT2D eigenvalue weighted by atomic mass is 9.47. The molecule has 6 nitrogen and oxygen atoms in total. The number of carbonyl (C=O) groups excluding carboxylic acids is 2. The van der Waals surface area contributed by atoms with Gasteiger partial charge in [0.1, 0.15) is 11.3 Å². The van der Waals surface area contributed by atoms with Crippen LogP contribution in [0.4, 0.5) is 0 Å². The summed E-state index contributed by atoms with van der Waals surface area (Å²) in [5.41, 5.74) is -1.24. The van der Waals surface area contributed by atoms with Crippen LogP contribution in [0.5, 0.6) is 0 Å². The molecule has 0 radical (unpaired) electrons. The van der Waals surface area contributed by atoms with Gasteiger partial charge in [-0.05, 0) is 97.7 Å². The molecule has 1 aromatic carbocycles. The van der Waals surface area contributed by atoms with E-state index in [4.69, 9.17) is 0 Å². The fourth-order valence-corrected chi connectivity index (χ4v) is 8.88. The Morgan fingerprint density at radius 3 is 2.27 bits per heavy atom. The van der Waals surface area contributed by atoms with E-state index in [9.17, 15) is 18.0 Å². The molecule has 6 rings (SSSR count). The molecule has 0 saturated heterocycles. The van der Waals surface area contributed by atoms with Crippen LogP contribution in [0.25, 0.3) is 0 Å². The number of sulfonamides is 1. The fourth-order valence-electron chi connectivity index (χ4n) is 6.46. The van der Waals surface area contributed by atoms with E-state index < -0.39 is 15.6 Å². The molecular formula is C22H27BrN2O4S. The lowest BCUT2D eigenvalue weighted by Gasteiger charge is -2.59. The van der Waals surface area contributed by atoms with E-state index in [-0.39, 0.29) is 22.3 Å². The molecule has 0 aromatic heterocycles. The minimum absolute atomic E-state index is 0.0481. The number of hydrogen-bond acceptors (Lipinski definition) is 4. The van der Waals surface area contributed by atoms with Crippen molar-refractivity contribution in [3.8, 4) is 0 Å². The first kappa shape index (κ1) is 20.6. The second kappa shape index (κ2) is 6.87. The molecule has 2 N–H and O–H groups in total. The fraction of sp³-hybridized carbons (Fsp3) is 0.636. The maximum Gasteiger partial charge on any atom is 0.242 e. The Labute approximate surface area is 185 Å². The van der Waals surface area contributed by atoms with Crippen molar-refractivity contribution in [1.82, 2.24) is 10.0 Å². The lowest BCUT2D eigenvalue weighted by molar-refractivity contribution is -0.146. The highest BCUT2D eigenvalue weighted by atomic mass is 79.9. The minimum Gasteiger partial charge on any atom is -0.351 e. The first-order chi connectivity index (χ1) is 14.1. The Bertz CT molecular complexity index is 1000. The van der Waals surface area contributed by atoms with Gasteiger partial charge in [-0.15, -0.1) is 0 Å². The summed E-state index contributed by atoms with van der Waals surface area (Å²) in [6.07, 6.45) is 5.85. The number of ketones is 1. The molecular weight excluding hydrogens is 468 g/mol. The minimum atomic E-state index is -3.82. The topological polar surface area (TPSA) is 92.3 Å². The molecule has 0 aliphatic heterocycles. The van der Waals surface area contributed by atoms with E-state index in [1.165, 1.54) is 6.07 Å². The van der Waals surface area contributed by atoms with E-state index >= 15 is 0 Å². The molecule has 30 heavy (non-hydrogen) atoms. The van der Waals surface area contributed by atoms with Crippen molar-refractivity contribution in [3.63, 3.8) is 0 Å². The van der Waals surface area contributed by atoms with Gasteiger partial charge in [0.05, 0.1) is 4.90 Å². The Morgan fingerprint density at radius 2 is 1.70 bits per heavy atom. The Kier molecular flexibility index (Phi) is 4.73. The van der Waals surface area contributed by atoms with Gasteiger partial charge in [-0.1, -0.05) is 12.1 Å². The van der Waals surface area contributed by atoms with E-state index in [2.05, 4.69) is 26.0 Å². The number of Topliss-reactive ketones (excluding diaryl/α,β-unsaturated/α-hetero) is 1. The van der Waals surface area contributed by atoms with Crippen LogP contribution in [-0.2, 0) is 19.6 Å². The van der Waals surface area contributed by atoms with Crippen LogP contribution < -0.4 is 10.0 Å². The molecule has 4 bridgehead atoms. The highest BCUT2D eigenvalue weighted by Gasteiger charge is 2.59. The summed E-state index contributed by atoms with van der Waals surface area (Å²) in [7, 11) is -3.82. The number of hydrogen-bond donors (Lipinski definition) is 2. The molecule has 8 heteroatoms. The van der Waals surface area contributed by atoms with Crippen molar-refractivity contribution < 1.29 is 18.0 Å². The lowest BCUT2D eigenvalue weighted by Crippen LogP contribution is -2.63. The first-order valence-electron chi connectivity index (χ1n) is 10.7. The zero-order valence-corrected chi connectivity index (χ0v) is 19.4. The summed E-state index contributed by atoms with van der Waals surface area (Å²) in [6.45, 7) is 1.72. The van der Waals surface area contributed by atoms with Gasteiger partial charge in [-0.3, -0.25) is 9.59 Å². The molecule has 162 valence electrons. The quantitative estimate of drug-likeness (QED) is 0.634. The summed E-state index contributed by atoms with van der Waals surface area (Å²) in [4.78, 5) is 25.7. The van der Waals surface area contributed by atoms with Crippen LogP contribution >= 0.6 is 15.9 Å². The number of rotatable bonds is 6. The van der Waals surface area contributed by atoms with E-state index in [0.717, 1.165) is 32.1 Å². The third kappa shape index (κ3) is 3.26. The van der Waals surface area contributed by atoms with Gasteiger partial charge in [0.2, 0.25) is 15.9 Å². The second-order valence-electron chi connectivity index (χ2n) is 9.92. The molecule has 0 spiro atoms. The number of nitrogens with one attached hydrogen (secondary N) is 2. The molecule has 2 atom stereocenters. The van der Waals surface area contributed by atoms with Crippen LogP contribution in [0, 0.1) is 23.2 Å². The number of amides is 1. The third-order valence-corrected chi connectivity index (χ3v) is 10.5. The summed E-state index contributed by atoms with van der Waals surface area (Å²) < 4.78 is 29.0. The van der Waals surface area contributed by atoms with E-state index in [1.807, 2.05) is 0 Å². The molecule has 5 aliphatic rings. The van der Waals surface area contributed by atoms with Crippen LogP contribution in [0.2, 0.25) is 0 Å². The third-order valence-electron chi connectivity index (χ3n) is 7.96.